The van der Waals surface area contributed by atoms with E-state index in [1.54, 1.807) is 0 Å². The summed E-state index contributed by atoms with van der Waals surface area (Å²) in [6.07, 6.45) is 0.718. The number of hydrogen-bond donors (Lipinski definition) is 2. The molecule has 87 heavy (non-hydrogen) atoms. The van der Waals surface area contributed by atoms with E-state index in [-0.39, 0.29) is 152 Å². The third-order valence-electron chi connectivity index (χ3n) is 32.8. The van der Waals surface area contributed by atoms with Crippen LogP contribution in [0.5, 0.6) is 0 Å². The predicted molar refractivity (Wildman–Crippen MR) is 375 cm³/mol. The first kappa shape index (κ1) is 73.9. The topological polar surface area (TPSA) is 67.3 Å². The molecule has 0 atom stereocenters. The van der Waals surface area contributed by atoms with Crippen LogP contribution in [0.15, 0.2) is 0 Å². The highest BCUT2D eigenvalue weighted by Crippen LogP contribution is 2.68. The number of nitrogens with zero attached hydrogens (tertiary/aromatic N) is 10. The van der Waals surface area contributed by atoms with Gasteiger partial charge in [-0.15, -0.1) is 11.1 Å². The third-order valence-corrected chi connectivity index (χ3v) is 32.8. The zero-order chi connectivity index (χ0) is 69.0. The fourth-order valence-electron chi connectivity index (χ4n) is 21.0. The summed E-state index contributed by atoms with van der Waals surface area (Å²) in [6, 6.07) is 0. The lowest BCUT2D eigenvalue weighted by atomic mass is 9.68. The number of rotatable bonds is 0. The molecule has 2 N–H and O–H groups in total. The molecule has 9 aliphatic heterocycles. The Kier molecular flexibility index (Phi) is 15.6. The molecular formula is C75H149N12-. The van der Waals surface area contributed by atoms with Gasteiger partial charge in [0.25, 0.3) is 0 Å². The standard InChI is InChI=1S/2C25H50N4.C25H49N4/c3*1-18(2)20(5,6)27-17-28(21(7,8)19(3,4)26-18)23(11,12)25(15,16)29(17)24(13,14)22(27,9)10/h2*17,26H,1-16H3;17H,1-16H3/q;;-1. The summed E-state index contributed by atoms with van der Waals surface area (Å²) in [5.41, 5.74) is -1.07. The van der Waals surface area contributed by atoms with Crippen LogP contribution in [0.1, 0.15) is 332 Å². The molecule has 9 heterocycles. The van der Waals surface area contributed by atoms with E-state index in [0.717, 1.165) is 0 Å². The Balaban J connectivity index is 0.000000186. The summed E-state index contributed by atoms with van der Waals surface area (Å²) in [4.78, 5) is 25.6. The van der Waals surface area contributed by atoms with Crippen LogP contribution in [0.25, 0.3) is 5.32 Å². The molecule has 0 aliphatic carbocycles. The van der Waals surface area contributed by atoms with E-state index < -0.39 is 0 Å². The number of hydrogen-bond acceptors (Lipinski definition) is 11. The van der Waals surface area contributed by atoms with Crippen molar-refractivity contribution in [1.29, 1.82) is 0 Å². The maximum absolute atomic E-state index is 5.61. The average molecular weight is 1220 g/mol. The van der Waals surface area contributed by atoms with E-state index >= 15 is 0 Å². The Morgan fingerprint density at radius 2 is 0.264 bits per heavy atom. The van der Waals surface area contributed by atoms with Crippen LogP contribution in [0.3, 0.4) is 0 Å². The van der Waals surface area contributed by atoms with Gasteiger partial charge in [0.2, 0.25) is 0 Å². The molecule has 0 aromatic heterocycles. The van der Waals surface area contributed by atoms with Gasteiger partial charge in [-0.2, -0.15) is 0 Å². The van der Waals surface area contributed by atoms with E-state index in [1.165, 1.54) is 0 Å². The summed E-state index contributed by atoms with van der Waals surface area (Å²) >= 11 is 0. The molecule has 510 valence electrons. The van der Waals surface area contributed by atoms with Crippen molar-refractivity contribution in [3.63, 3.8) is 0 Å². The van der Waals surface area contributed by atoms with Gasteiger partial charge < -0.3 is 16.0 Å². The summed E-state index contributed by atoms with van der Waals surface area (Å²) in [5.74, 6) is 0. The molecule has 12 nitrogen and oxygen atoms in total. The minimum Gasteiger partial charge on any atom is -0.649 e. The highest BCUT2D eigenvalue weighted by Gasteiger charge is 2.81. The molecule has 0 unspecified atom stereocenters. The van der Waals surface area contributed by atoms with Crippen LogP contribution in [0, 0.1) is 0 Å². The van der Waals surface area contributed by atoms with E-state index in [2.05, 4.69) is 387 Å². The van der Waals surface area contributed by atoms with E-state index in [0.29, 0.717) is 0 Å². The van der Waals surface area contributed by atoms with Crippen LogP contribution in [-0.2, 0) is 0 Å². The Labute approximate surface area is 541 Å². The second-order valence-electron chi connectivity index (χ2n) is 42.4. The van der Waals surface area contributed by atoms with E-state index in [4.69, 9.17) is 5.32 Å². The van der Waals surface area contributed by atoms with Gasteiger partial charge in [-0.3, -0.25) is 44.1 Å². The molecule has 0 radical (unpaired) electrons. The van der Waals surface area contributed by atoms with E-state index in [9.17, 15) is 0 Å². The molecule has 12 heteroatoms. The first-order valence-corrected chi connectivity index (χ1v) is 34.8. The quantitative estimate of drug-likeness (QED) is 0.244. The van der Waals surface area contributed by atoms with Crippen molar-refractivity contribution in [3.05, 3.63) is 5.32 Å². The van der Waals surface area contributed by atoms with Crippen LogP contribution in [-0.4, -0.2) is 196 Å². The van der Waals surface area contributed by atoms with Crippen molar-refractivity contribution in [2.75, 3.05) is 0 Å². The van der Waals surface area contributed by atoms with Crippen LogP contribution in [0.4, 0.5) is 0 Å². The second kappa shape index (κ2) is 18.3. The zero-order valence-electron chi connectivity index (χ0n) is 67.2. The van der Waals surface area contributed by atoms with Crippen LogP contribution < -0.4 is 10.6 Å². The summed E-state index contributed by atoms with van der Waals surface area (Å²) in [6.45, 7) is 117. The summed E-state index contributed by atoms with van der Waals surface area (Å²) in [7, 11) is 0. The molecule has 0 spiro atoms. The number of nitrogens with one attached hydrogen (secondary N) is 2. The SMILES string of the molecule is CC1(C)NC(C)(C)C(C)(C)N2C3N(C1(C)C)C(C)(C)C(C)(C)N3C(C)(C)C2(C)C.CC1(C)NC(C)(C)C(C)(C)N2C3N(C1(C)C)C(C)(C)C(C)(C)N3C(C)(C)C2(C)C.CC1(C)[N-]C(C)(C)C(C)(C)N2C3N(C1(C)C)C(C)(C)C(C)(C)N3C(C)(C)C2(C)C. The summed E-state index contributed by atoms with van der Waals surface area (Å²) < 4.78 is 0. The first-order chi connectivity index (χ1) is 37.3. The van der Waals surface area contributed by atoms with Crippen molar-refractivity contribution in [3.8, 4) is 0 Å². The molecular weight excluding hydrogens is 1070 g/mol. The lowest BCUT2D eigenvalue weighted by molar-refractivity contribution is -0.174. The minimum absolute atomic E-state index is 0.00367. The minimum atomic E-state index is -0.194. The Bertz CT molecular complexity index is 2240. The normalized spacial score (nSPS) is 36.4. The van der Waals surface area contributed by atoms with Gasteiger partial charge in [0, 0.05) is 122 Å². The fourth-order valence-corrected chi connectivity index (χ4v) is 21.0. The van der Waals surface area contributed by atoms with Gasteiger partial charge in [-0.25, -0.2) is 0 Å². The fraction of sp³-hybridized carbons (Fsp3) is 1.00. The average Bonchev–Trinajstić information content (AvgIpc) is 1.51. The van der Waals surface area contributed by atoms with Gasteiger partial charge in [0.05, 0.1) is 0 Å². The molecule has 9 rings (SSSR count). The van der Waals surface area contributed by atoms with Crippen molar-refractivity contribution in [2.24, 2.45) is 0 Å². The first-order valence-electron chi connectivity index (χ1n) is 34.8. The monoisotopic (exact) mass is 1220 g/mol. The lowest BCUT2D eigenvalue weighted by Crippen LogP contribution is -2.83. The maximum atomic E-state index is 5.61. The molecule has 9 aliphatic rings. The van der Waals surface area contributed by atoms with Crippen molar-refractivity contribution in [2.45, 2.75) is 484 Å². The largest absolute Gasteiger partial charge is 0.649 e. The predicted octanol–water partition coefficient (Wildman–Crippen LogP) is 15.9. The smallest absolute Gasteiger partial charge is 0.122 e. The molecule has 0 saturated carbocycles. The highest BCUT2D eigenvalue weighted by molar-refractivity contribution is 5.38. The van der Waals surface area contributed by atoms with Gasteiger partial charge in [0.1, 0.15) is 18.9 Å². The van der Waals surface area contributed by atoms with Gasteiger partial charge in [0.15, 0.2) is 0 Å². The Morgan fingerprint density at radius 3 is 0.391 bits per heavy atom. The molecule has 0 amide bonds. The van der Waals surface area contributed by atoms with Crippen LogP contribution in [0.2, 0.25) is 0 Å². The molecule has 9 saturated heterocycles. The highest BCUT2D eigenvalue weighted by atomic mass is 15.7. The van der Waals surface area contributed by atoms with Crippen molar-refractivity contribution in [1.82, 2.24) is 54.7 Å². The molecule has 9 fully saturated rings. The summed E-state index contributed by atoms with van der Waals surface area (Å²) in [5, 5.41) is 13.9. The lowest BCUT2D eigenvalue weighted by Gasteiger charge is -2.73. The second-order valence-corrected chi connectivity index (χ2v) is 42.4. The third kappa shape index (κ3) is 8.21. The van der Waals surface area contributed by atoms with Crippen molar-refractivity contribution < 1.29 is 0 Å². The maximum Gasteiger partial charge on any atom is 0.122 e. The van der Waals surface area contributed by atoms with Crippen molar-refractivity contribution >= 4 is 0 Å². The molecule has 0 bridgehead atoms. The van der Waals surface area contributed by atoms with Crippen LogP contribution >= 0.6 is 0 Å². The van der Waals surface area contributed by atoms with Gasteiger partial charge in [-0.05, 0) is 305 Å². The molecule has 0 aromatic carbocycles. The Morgan fingerprint density at radius 1 is 0.161 bits per heavy atom. The van der Waals surface area contributed by atoms with E-state index in [1.807, 2.05) is 0 Å². The molecule has 0 aromatic rings. The Hall–Kier alpha value is -0.480. The van der Waals surface area contributed by atoms with Gasteiger partial charge >= 0.3 is 0 Å². The zero-order valence-corrected chi connectivity index (χ0v) is 67.2. The van der Waals surface area contributed by atoms with Gasteiger partial charge in [-0.1, -0.05) is 27.7 Å².